The minimum Gasteiger partial charge on any atom is -0.0622 e. The smallest absolute Gasteiger partial charge is 0.0296 e. The molecule has 4 aromatic carbocycles. The van der Waals surface area contributed by atoms with Crippen molar-refractivity contribution in [1.82, 2.24) is 0 Å². The van der Waals surface area contributed by atoms with Gasteiger partial charge in [-0.25, -0.2) is 0 Å². The van der Waals surface area contributed by atoms with Gasteiger partial charge >= 0.3 is 0 Å². The van der Waals surface area contributed by atoms with E-state index < -0.39 is 0 Å². The van der Waals surface area contributed by atoms with Crippen LogP contribution in [0.2, 0.25) is 0 Å². The second kappa shape index (κ2) is 7.21. The van der Waals surface area contributed by atoms with E-state index in [1.54, 1.807) is 0 Å². The highest BCUT2D eigenvalue weighted by atomic mass is 127. The minimum absolute atomic E-state index is 0.0458. The topological polar surface area (TPSA) is 0 Å². The fraction of sp³-hybridized carbons (Fsp3) is 0.111. The molecule has 1 heteroatoms. The van der Waals surface area contributed by atoms with Gasteiger partial charge in [0.2, 0.25) is 0 Å². The van der Waals surface area contributed by atoms with Crippen LogP contribution in [0.25, 0.3) is 11.1 Å². The predicted molar refractivity (Wildman–Crippen MR) is 126 cm³/mol. The summed E-state index contributed by atoms with van der Waals surface area (Å²) in [5.41, 5.74) is 8.44. The van der Waals surface area contributed by atoms with Crippen molar-refractivity contribution in [2.45, 2.75) is 18.3 Å². The van der Waals surface area contributed by atoms with Crippen molar-refractivity contribution in [3.63, 3.8) is 0 Å². The van der Waals surface area contributed by atoms with Gasteiger partial charge in [-0.1, -0.05) is 91.0 Å². The lowest BCUT2D eigenvalue weighted by atomic mass is 9.69. The highest BCUT2D eigenvalue weighted by molar-refractivity contribution is 14.1. The van der Waals surface area contributed by atoms with Crippen molar-refractivity contribution in [3.05, 3.63) is 129 Å². The van der Waals surface area contributed by atoms with Crippen LogP contribution < -0.4 is 0 Å². The van der Waals surface area contributed by atoms with Crippen molar-refractivity contribution in [1.29, 1.82) is 0 Å². The Morgan fingerprint density at radius 2 is 1.07 bits per heavy atom. The molecule has 0 amide bonds. The van der Waals surface area contributed by atoms with Crippen LogP contribution in [0.5, 0.6) is 0 Å². The molecule has 0 atom stereocenters. The maximum Gasteiger partial charge on any atom is 0.0296 e. The van der Waals surface area contributed by atoms with E-state index >= 15 is 0 Å². The van der Waals surface area contributed by atoms with E-state index in [-0.39, 0.29) is 5.41 Å². The Kier molecular flexibility index (Phi) is 4.56. The van der Waals surface area contributed by atoms with Gasteiger partial charge in [0.05, 0.1) is 0 Å². The van der Waals surface area contributed by atoms with Gasteiger partial charge in [0.1, 0.15) is 0 Å². The third kappa shape index (κ3) is 2.98. The summed E-state index contributed by atoms with van der Waals surface area (Å²) in [4.78, 5) is 0. The number of hydrogen-bond donors (Lipinski definition) is 0. The zero-order chi connectivity index (χ0) is 19.0. The van der Waals surface area contributed by atoms with Crippen LogP contribution in [0, 0.1) is 3.57 Å². The Labute approximate surface area is 180 Å². The molecule has 0 saturated carbocycles. The highest BCUT2D eigenvalue weighted by Crippen LogP contribution is 2.52. The molecule has 0 bridgehead atoms. The van der Waals surface area contributed by atoms with Crippen LogP contribution in [0.3, 0.4) is 0 Å². The van der Waals surface area contributed by atoms with E-state index in [4.69, 9.17) is 0 Å². The molecule has 0 aromatic heterocycles. The number of halogens is 1. The monoisotopic (exact) mass is 472 g/mol. The Balaban J connectivity index is 1.77. The second-order valence-electron chi connectivity index (χ2n) is 7.64. The molecule has 5 rings (SSSR count). The predicted octanol–water partition coefficient (Wildman–Crippen LogP) is 7.04. The largest absolute Gasteiger partial charge is 0.0622 e. The van der Waals surface area contributed by atoms with Crippen molar-refractivity contribution < 1.29 is 0 Å². The first-order chi connectivity index (χ1) is 13.8. The number of benzene rings is 4. The van der Waals surface area contributed by atoms with Crippen LogP contribution in [0.4, 0.5) is 0 Å². The Hall–Kier alpha value is -2.39. The third-order valence-electron chi connectivity index (χ3n) is 5.93. The summed E-state index contributed by atoms with van der Waals surface area (Å²) in [6.45, 7) is 0. The zero-order valence-corrected chi connectivity index (χ0v) is 17.8. The summed E-state index contributed by atoms with van der Waals surface area (Å²) in [5, 5.41) is 0. The molecule has 0 radical (unpaired) electrons. The van der Waals surface area contributed by atoms with Gasteiger partial charge < -0.3 is 0 Å². The number of hydrogen-bond acceptors (Lipinski definition) is 0. The molecule has 28 heavy (non-hydrogen) atoms. The first-order valence-corrected chi connectivity index (χ1v) is 10.8. The van der Waals surface area contributed by atoms with E-state index in [0.717, 1.165) is 12.8 Å². The maximum atomic E-state index is 2.45. The summed E-state index contributed by atoms with van der Waals surface area (Å²) in [6.07, 6.45) is 2.01. The average molecular weight is 472 g/mol. The van der Waals surface area contributed by atoms with Gasteiger partial charge in [-0.3, -0.25) is 0 Å². The molecular weight excluding hydrogens is 451 g/mol. The molecule has 0 N–H and O–H groups in total. The molecule has 0 spiro atoms. The molecule has 1 aliphatic rings. The Morgan fingerprint density at radius 3 is 1.71 bits per heavy atom. The van der Waals surface area contributed by atoms with Gasteiger partial charge in [0.15, 0.2) is 0 Å². The molecule has 136 valence electrons. The third-order valence-corrected chi connectivity index (χ3v) is 6.60. The van der Waals surface area contributed by atoms with Crippen LogP contribution in [-0.4, -0.2) is 0 Å². The molecule has 1 aliphatic carbocycles. The lowest BCUT2D eigenvalue weighted by Crippen LogP contribution is -2.31. The zero-order valence-electron chi connectivity index (χ0n) is 15.6. The summed E-state index contributed by atoms with van der Waals surface area (Å²) in [6, 6.07) is 37.8. The van der Waals surface area contributed by atoms with Crippen molar-refractivity contribution in [2.75, 3.05) is 0 Å². The fourth-order valence-corrected chi connectivity index (χ4v) is 5.25. The molecule has 0 saturated heterocycles. The Bertz CT molecular complexity index is 1070. The lowest BCUT2D eigenvalue weighted by molar-refractivity contribution is 0.519. The van der Waals surface area contributed by atoms with E-state index in [0.29, 0.717) is 0 Å². The molecule has 0 nitrogen and oxygen atoms in total. The summed E-state index contributed by atoms with van der Waals surface area (Å²) in [5.74, 6) is 0. The van der Waals surface area contributed by atoms with Crippen molar-refractivity contribution >= 4 is 22.6 Å². The van der Waals surface area contributed by atoms with Gasteiger partial charge in [-0.2, -0.15) is 0 Å². The van der Waals surface area contributed by atoms with Gasteiger partial charge in [0.25, 0.3) is 0 Å². The maximum absolute atomic E-state index is 2.45. The highest BCUT2D eigenvalue weighted by Gasteiger charge is 2.43. The minimum atomic E-state index is -0.0458. The van der Waals surface area contributed by atoms with Gasteiger partial charge in [0, 0.05) is 8.99 Å². The normalized spacial score (nSPS) is 13.8. The van der Waals surface area contributed by atoms with Crippen LogP contribution in [0.1, 0.15) is 22.3 Å². The van der Waals surface area contributed by atoms with E-state index in [1.807, 2.05) is 0 Å². The first kappa shape index (κ1) is 17.7. The molecular formula is C27H21I. The Morgan fingerprint density at radius 1 is 0.536 bits per heavy atom. The first-order valence-electron chi connectivity index (χ1n) is 9.74. The average Bonchev–Trinajstić information content (AvgIpc) is 2.99. The van der Waals surface area contributed by atoms with E-state index in [9.17, 15) is 0 Å². The standard InChI is InChI=1S/C27H21I/c28-22-15-16-24-23-13-7-8-14-25(23)27(26(24)17-22,18-20-9-3-1-4-10-20)19-21-11-5-2-6-12-21/h1-17H,18-19H2. The van der Waals surface area contributed by atoms with Crippen LogP contribution >= 0.6 is 22.6 Å². The lowest BCUT2D eigenvalue weighted by Gasteiger charge is -2.33. The van der Waals surface area contributed by atoms with Crippen LogP contribution in [0.15, 0.2) is 103 Å². The molecule has 0 unspecified atom stereocenters. The second-order valence-corrected chi connectivity index (χ2v) is 8.89. The molecule has 4 aromatic rings. The molecule has 0 heterocycles. The van der Waals surface area contributed by atoms with Crippen molar-refractivity contribution in [2.24, 2.45) is 0 Å². The summed E-state index contributed by atoms with van der Waals surface area (Å²) >= 11 is 2.45. The van der Waals surface area contributed by atoms with E-state index in [1.165, 1.54) is 37.0 Å². The quantitative estimate of drug-likeness (QED) is 0.280. The van der Waals surface area contributed by atoms with Crippen molar-refractivity contribution in [3.8, 4) is 11.1 Å². The van der Waals surface area contributed by atoms with Crippen LogP contribution in [-0.2, 0) is 18.3 Å². The SMILES string of the molecule is Ic1ccc2c(c1)C(Cc1ccccc1)(Cc1ccccc1)c1ccccc1-2. The van der Waals surface area contributed by atoms with E-state index in [2.05, 4.69) is 126 Å². The van der Waals surface area contributed by atoms with Gasteiger partial charge in [-0.15, -0.1) is 0 Å². The summed E-state index contributed by atoms with van der Waals surface area (Å²) in [7, 11) is 0. The molecule has 0 aliphatic heterocycles. The summed E-state index contributed by atoms with van der Waals surface area (Å²) < 4.78 is 1.30. The van der Waals surface area contributed by atoms with Gasteiger partial charge in [-0.05, 0) is 80.9 Å². The fourth-order valence-electron chi connectivity index (χ4n) is 4.76. The number of rotatable bonds is 4. The molecule has 0 fully saturated rings. The number of fused-ring (bicyclic) bond motifs is 3.